The van der Waals surface area contributed by atoms with Crippen molar-refractivity contribution in [3.05, 3.63) is 82.6 Å². The lowest BCUT2D eigenvalue weighted by Crippen LogP contribution is -2.28. The van der Waals surface area contributed by atoms with E-state index in [1.165, 1.54) is 11.1 Å². The van der Waals surface area contributed by atoms with Gasteiger partial charge in [0.25, 0.3) is 0 Å². The number of nitrogens with zero attached hydrogens (tertiary/aromatic N) is 2. The van der Waals surface area contributed by atoms with E-state index in [1.54, 1.807) is 50.4 Å². The molecule has 13 heteroatoms. The van der Waals surface area contributed by atoms with Gasteiger partial charge >= 0.3 is 7.82 Å². The van der Waals surface area contributed by atoms with Gasteiger partial charge in [-0.2, -0.15) is 0 Å². The third-order valence-corrected chi connectivity index (χ3v) is 6.17. The number of halogens is 3. The van der Waals surface area contributed by atoms with Gasteiger partial charge in [-0.25, -0.2) is 18.3 Å². The summed E-state index contributed by atoms with van der Waals surface area (Å²) in [5, 5.41) is 8.49. The van der Waals surface area contributed by atoms with Gasteiger partial charge in [0.1, 0.15) is 18.2 Å². The van der Waals surface area contributed by atoms with Crippen molar-refractivity contribution in [1.29, 1.82) is 0 Å². The number of hydrogen-bond donors (Lipinski definition) is 4. The largest absolute Gasteiger partial charge is 0.471 e. The number of carbonyl (C=O) groups excluding carboxylic acids is 1. The summed E-state index contributed by atoms with van der Waals surface area (Å²) in [5.74, 6) is -3.16. The van der Waals surface area contributed by atoms with Gasteiger partial charge in [0.2, 0.25) is 5.78 Å². The van der Waals surface area contributed by atoms with Crippen LogP contribution in [0.25, 0.3) is 22.2 Å². The highest BCUT2D eigenvalue weighted by Gasteiger charge is 2.27. The van der Waals surface area contributed by atoms with Crippen LogP contribution in [0.4, 0.5) is 14.5 Å². The molecule has 2 aromatic heterocycles. The molecule has 0 amide bonds. The Labute approximate surface area is 228 Å². The number of fused-ring (bicyclic) bond motifs is 1. The van der Waals surface area contributed by atoms with Crippen LogP contribution in [0, 0.1) is 11.6 Å². The monoisotopic (exact) mass is 581 g/mol. The van der Waals surface area contributed by atoms with Crippen LogP contribution in [-0.4, -0.2) is 50.5 Å². The van der Waals surface area contributed by atoms with E-state index in [0.717, 1.165) is 17.7 Å². The van der Waals surface area contributed by atoms with Gasteiger partial charge in [-0.3, -0.25) is 9.32 Å². The van der Waals surface area contributed by atoms with Crippen LogP contribution in [0.5, 0.6) is 0 Å². The fraction of sp³-hybridized carbons (Fsp3) is 0.231. The smallest absolute Gasteiger partial charge is 0.397 e. The molecular formula is C26H27ClF2N3O6P. The molecule has 208 valence electrons. The summed E-state index contributed by atoms with van der Waals surface area (Å²) in [6, 6.07) is 10.7. The number of carbonyl (C=O) groups is 1. The molecule has 2 aromatic carbocycles. The topological polar surface area (TPSA) is 136 Å². The lowest BCUT2D eigenvalue weighted by Gasteiger charge is -2.25. The van der Waals surface area contributed by atoms with E-state index in [9.17, 15) is 13.8 Å². The van der Waals surface area contributed by atoms with E-state index in [4.69, 9.17) is 26.5 Å². The van der Waals surface area contributed by atoms with Gasteiger partial charge in [-0.1, -0.05) is 30.7 Å². The van der Waals surface area contributed by atoms with Crippen molar-refractivity contribution in [1.82, 2.24) is 9.97 Å². The van der Waals surface area contributed by atoms with Gasteiger partial charge in [0, 0.05) is 47.1 Å². The predicted octanol–water partition coefficient (Wildman–Crippen LogP) is 5.67. The van der Waals surface area contributed by atoms with Gasteiger partial charge < -0.3 is 24.8 Å². The molecule has 0 aliphatic carbocycles. The zero-order chi connectivity index (χ0) is 28.7. The van der Waals surface area contributed by atoms with Crippen molar-refractivity contribution in [3.8, 4) is 11.1 Å². The van der Waals surface area contributed by atoms with E-state index in [-0.39, 0.29) is 24.4 Å². The minimum atomic E-state index is -4.84. The minimum absolute atomic E-state index is 0.0109. The zero-order valence-corrected chi connectivity index (χ0v) is 22.7. The molecule has 0 atom stereocenters. The van der Waals surface area contributed by atoms with Crippen molar-refractivity contribution in [2.24, 2.45) is 0 Å². The second-order valence-electron chi connectivity index (χ2n) is 8.24. The number of phosphoric acid groups is 1. The molecule has 0 aliphatic rings. The van der Waals surface area contributed by atoms with Crippen LogP contribution >= 0.6 is 19.4 Å². The number of H-pyrrole nitrogens is 1. The minimum Gasteiger partial charge on any atom is -0.397 e. The number of rotatable bonds is 9. The van der Waals surface area contributed by atoms with Crippen molar-refractivity contribution >= 4 is 41.9 Å². The Hall–Kier alpha value is -3.18. The first-order chi connectivity index (χ1) is 18.5. The number of benzene rings is 2. The number of aromatic nitrogens is 2. The highest BCUT2D eigenvalue weighted by atomic mass is 35.5. The average molecular weight is 582 g/mol. The predicted molar refractivity (Wildman–Crippen MR) is 145 cm³/mol. The third-order valence-electron chi connectivity index (χ3n) is 5.47. The standard InChI is InChI=1S/C24H21ClF2N3O5P.C2H6O/c1-2-9-30(13-35-36(32,33)34)20-8-7-19(26)21(22(20)27)23(31)18-12-29-24-17(18)10-15(11-28-24)14-3-5-16(25)6-4-14;1-2-3/h3-8,10-12H,2,9,13H2,1H3,(H,28,29)(H2,32,33,34);3H,2H2,1H3. The molecule has 0 aliphatic heterocycles. The number of nitrogens with one attached hydrogen (secondary N) is 1. The maximum Gasteiger partial charge on any atom is 0.471 e. The van der Waals surface area contributed by atoms with Crippen molar-refractivity contribution in [3.63, 3.8) is 0 Å². The van der Waals surface area contributed by atoms with Crippen LogP contribution in [0.15, 0.2) is 54.9 Å². The first-order valence-electron chi connectivity index (χ1n) is 11.8. The van der Waals surface area contributed by atoms with Crippen molar-refractivity contribution in [2.45, 2.75) is 20.3 Å². The van der Waals surface area contributed by atoms with E-state index < -0.39 is 37.5 Å². The lowest BCUT2D eigenvalue weighted by molar-refractivity contribution is 0.103. The summed E-state index contributed by atoms with van der Waals surface area (Å²) in [5.41, 5.74) is 0.796. The second kappa shape index (κ2) is 13.3. The average Bonchev–Trinajstić information content (AvgIpc) is 3.31. The molecule has 0 radical (unpaired) electrons. The molecule has 4 aromatic rings. The van der Waals surface area contributed by atoms with E-state index in [0.29, 0.717) is 28.0 Å². The van der Waals surface area contributed by atoms with Crippen molar-refractivity contribution < 1.29 is 37.6 Å². The van der Waals surface area contributed by atoms with E-state index in [1.807, 2.05) is 0 Å². The summed E-state index contributed by atoms with van der Waals surface area (Å²) in [6.45, 7) is 3.17. The summed E-state index contributed by atoms with van der Waals surface area (Å²) in [4.78, 5) is 39.8. The Balaban J connectivity index is 0.00000134. The fourth-order valence-corrected chi connectivity index (χ4v) is 4.21. The quantitative estimate of drug-likeness (QED) is 0.113. The fourth-order valence-electron chi connectivity index (χ4n) is 3.79. The number of anilines is 1. The first-order valence-corrected chi connectivity index (χ1v) is 13.7. The maximum atomic E-state index is 15.6. The van der Waals surface area contributed by atoms with Gasteiger partial charge in [0.15, 0.2) is 5.82 Å². The highest BCUT2D eigenvalue weighted by Crippen LogP contribution is 2.37. The third kappa shape index (κ3) is 7.48. The molecular weight excluding hydrogens is 555 g/mol. The molecule has 0 bridgehead atoms. The Morgan fingerprint density at radius 3 is 2.41 bits per heavy atom. The van der Waals surface area contributed by atoms with Crippen LogP contribution in [-0.2, 0) is 9.09 Å². The van der Waals surface area contributed by atoms with Gasteiger partial charge in [0.05, 0.1) is 11.3 Å². The van der Waals surface area contributed by atoms with E-state index >= 15 is 4.39 Å². The van der Waals surface area contributed by atoms with Crippen LogP contribution in [0.2, 0.25) is 5.02 Å². The van der Waals surface area contributed by atoms with E-state index in [2.05, 4.69) is 14.5 Å². The lowest BCUT2D eigenvalue weighted by atomic mass is 9.99. The summed E-state index contributed by atoms with van der Waals surface area (Å²) >= 11 is 5.95. The zero-order valence-electron chi connectivity index (χ0n) is 21.1. The summed E-state index contributed by atoms with van der Waals surface area (Å²) in [7, 11) is -4.84. The Morgan fingerprint density at radius 1 is 1.13 bits per heavy atom. The molecule has 4 N–H and O–H groups in total. The molecule has 39 heavy (non-hydrogen) atoms. The second-order valence-corrected chi connectivity index (χ2v) is 9.92. The summed E-state index contributed by atoms with van der Waals surface area (Å²) < 4.78 is 46.0. The number of phosphoric ester groups is 1. The van der Waals surface area contributed by atoms with Crippen LogP contribution in [0.1, 0.15) is 36.2 Å². The molecule has 4 rings (SSSR count). The Bertz CT molecular complexity index is 1490. The molecule has 0 saturated heterocycles. The molecule has 0 unspecified atom stereocenters. The Morgan fingerprint density at radius 2 is 1.79 bits per heavy atom. The van der Waals surface area contributed by atoms with Gasteiger partial charge in [-0.15, -0.1) is 0 Å². The molecule has 9 nitrogen and oxygen atoms in total. The highest BCUT2D eigenvalue weighted by molar-refractivity contribution is 7.46. The SMILES string of the molecule is CCCN(COP(=O)(O)O)c1ccc(F)c(C(=O)c2c[nH]c3ncc(-c4ccc(Cl)cc4)cc23)c1F.CCO. The van der Waals surface area contributed by atoms with Crippen molar-refractivity contribution in [2.75, 3.05) is 24.8 Å². The number of ketones is 1. The number of aliphatic hydroxyl groups is 1. The number of aliphatic hydroxyl groups excluding tert-OH is 1. The molecule has 0 spiro atoms. The molecule has 0 fully saturated rings. The Kier molecular flexibility index (Phi) is 10.3. The van der Waals surface area contributed by atoms with Crippen LogP contribution in [0.3, 0.4) is 0 Å². The van der Waals surface area contributed by atoms with Gasteiger partial charge in [-0.05, 0) is 49.2 Å². The normalized spacial score (nSPS) is 11.3. The molecule has 0 saturated carbocycles. The molecule has 2 heterocycles. The number of hydrogen-bond acceptors (Lipinski definition) is 6. The number of pyridine rings is 1. The van der Waals surface area contributed by atoms with Crippen LogP contribution < -0.4 is 4.90 Å². The maximum absolute atomic E-state index is 15.6. The first kappa shape index (κ1) is 30.4. The summed E-state index contributed by atoms with van der Waals surface area (Å²) in [6.07, 6.45) is 3.39. The number of aromatic amines is 1.